The minimum absolute atomic E-state index is 0.0832. The number of hydrogen-bond acceptors (Lipinski definition) is 5. The van der Waals surface area contributed by atoms with Crippen LogP contribution in [0.3, 0.4) is 0 Å². The number of aromatic hydroxyl groups is 1. The van der Waals surface area contributed by atoms with Crippen molar-refractivity contribution in [2.75, 3.05) is 19.4 Å². The zero-order chi connectivity index (χ0) is 24.2. The molecule has 1 fully saturated rings. The highest BCUT2D eigenvalue weighted by Gasteiger charge is 2.33. The highest BCUT2D eigenvalue weighted by Crippen LogP contribution is 2.40. The Morgan fingerprint density at radius 1 is 1.03 bits per heavy atom. The Hall–Kier alpha value is -3.51. The standard InChI is InChI=1S/C28H33N3O3/c1-18-19(2)26(30-23-15-10-13-21(27(23)32)28(33)31(3)4)25(18)29-22-14-8-9-16-24(22)34-17-20-11-6-5-7-12-20/h5-7,10-13,15,22,24,29-30,32H,1-2,8-9,14,16-17H2,3-4H3/t22-,24-/m0/s1. The van der Waals surface area contributed by atoms with Crippen LogP contribution in [-0.2, 0) is 11.3 Å². The molecule has 1 saturated carbocycles. The molecule has 1 amide bonds. The van der Waals surface area contributed by atoms with Gasteiger partial charge in [0.1, 0.15) is 0 Å². The van der Waals surface area contributed by atoms with Crippen LogP contribution in [0.4, 0.5) is 5.69 Å². The lowest BCUT2D eigenvalue weighted by molar-refractivity contribution is -0.00306. The van der Waals surface area contributed by atoms with E-state index in [1.807, 2.05) is 18.2 Å². The molecule has 34 heavy (non-hydrogen) atoms. The van der Waals surface area contributed by atoms with E-state index in [-0.39, 0.29) is 29.4 Å². The Bertz CT molecular complexity index is 1120. The molecule has 4 rings (SSSR count). The summed E-state index contributed by atoms with van der Waals surface area (Å²) in [7, 11) is 3.31. The summed E-state index contributed by atoms with van der Waals surface area (Å²) < 4.78 is 6.31. The van der Waals surface area contributed by atoms with Crippen molar-refractivity contribution in [3.8, 4) is 5.75 Å². The molecule has 0 spiro atoms. The predicted molar refractivity (Wildman–Crippen MR) is 135 cm³/mol. The molecule has 2 aromatic rings. The van der Waals surface area contributed by atoms with Gasteiger partial charge >= 0.3 is 0 Å². The molecule has 178 valence electrons. The number of amides is 1. The number of benzene rings is 2. The number of rotatable bonds is 8. The van der Waals surface area contributed by atoms with Crippen LogP contribution in [0.5, 0.6) is 5.75 Å². The van der Waals surface area contributed by atoms with E-state index in [9.17, 15) is 9.90 Å². The lowest BCUT2D eigenvalue weighted by Gasteiger charge is -2.38. The molecule has 2 atom stereocenters. The Balaban J connectivity index is 1.51. The van der Waals surface area contributed by atoms with Crippen LogP contribution in [0.15, 0.2) is 84.2 Å². The third-order valence-corrected chi connectivity index (χ3v) is 6.49. The molecule has 0 bridgehead atoms. The van der Waals surface area contributed by atoms with Crippen molar-refractivity contribution in [2.24, 2.45) is 0 Å². The number of allylic oxidation sites excluding steroid dienone is 2. The minimum atomic E-state index is -0.258. The van der Waals surface area contributed by atoms with Crippen molar-refractivity contribution in [3.05, 3.63) is 95.4 Å². The number of nitrogens with one attached hydrogen (secondary N) is 2. The number of phenols is 1. The molecule has 0 heterocycles. The van der Waals surface area contributed by atoms with Crippen LogP contribution >= 0.6 is 0 Å². The third kappa shape index (κ3) is 4.87. The summed E-state index contributed by atoms with van der Waals surface area (Å²) >= 11 is 0. The maximum Gasteiger partial charge on any atom is 0.257 e. The molecule has 0 saturated heterocycles. The number of carbonyl (C=O) groups excluding carboxylic acids is 1. The summed E-state index contributed by atoms with van der Waals surface area (Å²) in [6, 6.07) is 15.5. The van der Waals surface area contributed by atoms with Crippen molar-refractivity contribution in [2.45, 2.75) is 44.4 Å². The number of ether oxygens (including phenoxy) is 1. The van der Waals surface area contributed by atoms with E-state index in [2.05, 4.69) is 35.9 Å². The maximum atomic E-state index is 12.4. The first-order valence-electron chi connectivity index (χ1n) is 11.7. The lowest BCUT2D eigenvalue weighted by atomic mass is 9.86. The van der Waals surface area contributed by atoms with E-state index >= 15 is 0 Å². The number of para-hydroxylation sites is 1. The van der Waals surface area contributed by atoms with Gasteiger partial charge in [-0.2, -0.15) is 0 Å². The summed E-state index contributed by atoms with van der Waals surface area (Å²) in [5.74, 6) is -0.342. The SMILES string of the molecule is C=C1C(=C)C(N[C@H]2CCCC[C@@H]2OCc2ccccc2)=C1Nc1cccc(C(=O)N(C)C)c1O. The Morgan fingerprint density at radius 2 is 1.74 bits per heavy atom. The van der Waals surface area contributed by atoms with Crippen LogP contribution < -0.4 is 10.6 Å². The van der Waals surface area contributed by atoms with Gasteiger partial charge < -0.3 is 25.4 Å². The van der Waals surface area contributed by atoms with Crippen molar-refractivity contribution in [3.63, 3.8) is 0 Å². The topological polar surface area (TPSA) is 73.8 Å². The highest BCUT2D eigenvalue weighted by molar-refractivity contribution is 5.98. The minimum Gasteiger partial charge on any atom is -0.505 e. The quantitative estimate of drug-likeness (QED) is 0.487. The molecule has 0 aliphatic heterocycles. The van der Waals surface area contributed by atoms with Gasteiger partial charge in [-0.15, -0.1) is 0 Å². The normalized spacial score (nSPS) is 20.1. The van der Waals surface area contributed by atoms with E-state index in [1.165, 1.54) is 4.90 Å². The van der Waals surface area contributed by atoms with E-state index in [0.717, 1.165) is 53.8 Å². The second-order valence-electron chi connectivity index (χ2n) is 9.10. The van der Waals surface area contributed by atoms with Gasteiger partial charge in [0.2, 0.25) is 0 Å². The molecule has 2 aromatic carbocycles. The third-order valence-electron chi connectivity index (χ3n) is 6.49. The second-order valence-corrected chi connectivity index (χ2v) is 9.10. The first kappa shape index (κ1) is 23.6. The number of nitrogens with zero attached hydrogens (tertiary/aromatic N) is 1. The first-order valence-corrected chi connectivity index (χ1v) is 11.7. The first-order chi connectivity index (χ1) is 16.4. The van der Waals surface area contributed by atoms with Crippen molar-refractivity contribution < 1.29 is 14.6 Å². The van der Waals surface area contributed by atoms with Gasteiger partial charge in [0, 0.05) is 25.2 Å². The molecule has 2 aliphatic carbocycles. The fourth-order valence-electron chi connectivity index (χ4n) is 4.46. The summed E-state index contributed by atoms with van der Waals surface area (Å²) in [5, 5.41) is 17.6. The van der Waals surface area contributed by atoms with E-state index in [0.29, 0.717) is 12.3 Å². The van der Waals surface area contributed by atoms with Gasteiger partial charge in [0.25, 0.3) is 5.91 Å². The predicted octanol–water partition coefficient (Wildman–Crippen LogP) is 4.96. The monoisotopic (exact) mass is 459 g/mol. The van der Waals surface area contributed by atoms with Crippen LogP contribution in [0.1, 0.15) is 41.6 Å². The smallest absolute Gasteiger partial charge is 0.257 e. The highest BCUT2D eigenvalue weighted by atomic mass is 16.5. The number of carbonyl (C=O) groups is 1. The average molecular weight is 460 g/mol. The molecule has 6 heteroatoms. The summed E-state index contributed by atoms with van der Waals surface area (Å²) in [6.45, 7) is 8.88. The second kappa shape index (κ2) is 10.2. The average Bonchev–Trinajstić information content (AvgIpc) is 2.86. The molecule has 0 radical (unpaired) electrons. The van der Waals surface area contributed by atoms with E-state index in [1.54, 1.807) is 32.3 Å². The van der Waals surface area contributed by atoms with Gasteiger partial charge in [0.15, 0.2) is 5.75 Å². The molecular weight excluding hydrogens is 426 g/mol. The van der Waals surface area contributed by atoms with E-state index in [4.69, 9.17) is 4.74 Å². The molecule has 0 unspecified atom stereocenters. The van der Waals surface area contributed by atoms with Gasteiger partial charge in [0.05, 0.1) is 41.4 Å². The van der Waals surface area contributed by atoms with Crippen LogP contribution in [0.25, 0.3) is 0 Å². The fraction of sp³-hybridized carbons (Fsp3) is 0.321. The van der Waals surface area contributed by atoms with Crippen LogP contribution in [-0.4, -0.2) is 42.2 Å². The maximum absolute atomic E-state index is 12.4. The summed E-state index contributed by atoms with van der Waals surface area (Å²) in [5.41, 5.74) is 5.15. The van der Waals surface area contributed by atoms with Crippen molar-refractivity contribution in [1.29, 1.82) is 0 Å². The van der Waals surface area contributed by atoms with Gasteiger partial charge in [-0.05, 0) is 30.5 Å². The Kier molecular flexibility index (Phi) is 7.08. The van der Waals surface area contributed by atoms with Crippen molar-refractivity contribution in [1.82, 2.24) is 10.2 Å². The molecule has 0 aromatic heterocycles. The number of hydrogen-bond donors (Lipinski definition) is 3. The Labute approximate surface area is 201 Å². The summed E-state index contributed by atoms with van der Waals surface area (Å²) in [4.78, 5) is 13.8. The van der Waals surface area contributed by atoms with Crippen molar-refractivity contribution >= 4 is 11.6 Å². The molecule has 2 aliphatic rings. The largest absolute Gasteiger partial charge is 0.505 e. The number of phenolic OH excluding ortho intramolecular Hbond substituents is 1. The van der Waals surface area contributed by atoms with Gasteiger partial charge in [-0.1, -0.05) is 62.4 Å². The zero-order valence-electron chi connectivity index (χ0n) is 19.9. The lowest BCUT2D eigenvalue weighted by Crippen LogP contribution is -2.45. The van der Waals surface area contributed by atoms with Crippen LogP contribution in [0, 0.1) is 0 Å². The van der Waals surface area contributed by atoms with Gasteiger partial charge in [-0.3, -0.25) is 4.79 Å². The van der Waals surface area contributed by atoms with Gasteiger partial charge in [-0.25, -0.2) is 0 Å². The van der Waals surface area contributed by atoms with Crippen LogP contribution in [0.2, 0.25) is 0 Å². The van der Waals surface area contributed by atoms with E-state index < -0.39 is 0 Å². The molecule has 6 nitrogen and oxygen atoms in total. The Morgan fingerprint density at radius 3 is 2.47 bits per heavy atom. The molecular formula is C28H33N3O3. The fourth-order valence-corrected chi connectivity index (χ4v) is 4.46. The zero-order valence-corrected chi connectivity index (χ0v) is 19.9. The molecule has 3 N–H and O–H groups in total. The number of anilines is 1. The summed E-state index contributed by atoms with van der Waals surface area (Å²) in [6.07, 6.45) is 4.40.